The summed E-state index contributed by atoms with van der Waals surface area (Å²) in [6.45, 7) is 9.33. The Bertz CT molecular complexity index is 903. The molecule has 7 heteroatoms. The van der Waals surface area contributed by atoms with Crippen molar-refractivity contribution >= 4 is 17.3 Å². The lowest BCUT2D eigenvalue weighted by atomic mass is 9.99. The molecule has 1 amide bonds. The van der Waals surface area contributed by atoms with Crippen LogP contribution in [0, 0.1) is 5.92 Å². The molecule has 172 valence electrons. The molecule has 3 rings (SSSR count). The quantitative estimate of drug-likeness (QED) is 0.519. The zero-order valence-corrected chi connectivity index (χ0v) is 19.3. The molecule has 1 aromatic heterocycles. The first-order valence-electron chi connectivity index (χ1n) is 11.5. The summed E-state index contributed by atoms with van der Waals surface area (Å²) in [6, 6.07) is 10.8. The third kappa shape index (κ3) is 6.72. The Morgan fingerprint density at radius 2 is 2.00 bits per heavy atom. The summed E-state index contributed by atoms with van der Waals surface area (Å²) in [6.07, 6.45) is 7.33. The number of nitrogens with two attached hydrogens (primary N) is 2. The molecule has 1 aromatic carbocycles. The normalized spacial score (nSPS) is 15.5. The number of nitrogen functional groups attached to an aromatic ring is 1. The van der Waals surface area contributed by atoms with E-state index in [1.54, 1.807) is 24.4 Å². The van der Waals surface area contributed by atoms with Crippen LogP contribution in [-0.4, -0.2) is 46.9 Å². The molecule has 0 unspecified atom stereocenters. The zero-order valence-electron chi connectivity index (χ0n) is 19.3. The van der Waals surface area contributed by atoms with E-state index in [-0.39, 0.29) is 5.91 Å². The van der Waals surface area contributed by atoms with Gasteiger partial charge in [0.25, 0.3) is 5.91 Å². The third-order valence-corrected chi connectivity index (χ3v) is 6.08. The standard InChI is InChI=1S/C25H36N6O/c1-3-24(27)31(14-6-13-30-15-11-19(2)12-16-30)18-20-9-10-23(28-17-20)25(32)29-22-8-5-4-7-21(22)26/h3-5,7-10,17,19H,6,11-16,18,26-27H2,1-2H3,(H,29,32)/b24-3-. The van der Waals surface area contributed by atoms with Gasteiger partial charge in [0.1, 0.15) is 5.69 Å². The van der Waals surface area contributed by atoms with E-state index in [0.29, 0.717) is 23.6 Å². The summed E-state index contributed by atoms with van der Waals surface area (Å²) in [4.78, 5) is 21.6. The number of nitrogens with zero attached hydrogens (tertiary/aromatic N) is 3. The van der Waals surface area contributed by atoms with Crippen LogP contribution in [0.4, 0.5) is 11.4 Å². The van der Waals surface area contributed by atoms with Crippen molar-refractivity contribution in [1.82, 2.24) is 14.8 Å². The largest absolute Gasteiger partial charge is 0.397 e. The molecule has 0 saturated carbocycles. The van der Waals surface area contributed by atoms with Gasteiger partial charge in [-0.1, -0.05) is 25.1 Å². The molecule has 0 aliphatic carbocycles. The van der Waals surface area contributed by atoms with E-state index < -0.39 is 0 Å². The van der Waals surface area contributed by atoms with Gasteiger partial charge in [-0.05, 0) is 81.6 Å². The molecule has 0 radical (unpaired) electrons. The van der Waals surface area contributed by atoms with Crippen LogP contribution in [0.15, 0.2) is 54.5 Å². The Morgan fingerprint density at radius 1 is 1.25 bits per heavy atom. The maximum Gasteiger partial charge on any atom is 0.274 e. The van der Waals surface area contributed by atoms with E-state index in [1.807, 2.05) is 31.2 Å². The van der Waals surface area contributed by atoms with Gasteiger partial charge in [0.2, 0.25) is 0 Å². The first-order valence-corrected chi connectivity index (χ1v) is 11.5. The van der Waals surface area contributed by atoms with Crippen molar-refractivity contribution in [3.05, 3.63) is 65.7 Å². The van der Waals surface area contributed by atoms with Gasteiger partial charge in [-0.3, -0.25) is 9.78 Å². The van der Waals surface area contributed by atoms with Crippen molar-refractivity contribution in [2.75, 3.05) is 37.2 Å². The summed E-state index contributed by atoms with van der Waals surface area (Å²) in [5.41, 5.74) is 14.6. The predicted molar refractivity (Wildman–Crippen MR) is 131 cm³/mol. The first kappa shape index (κ1) is 23.6. The first-order chi connectivity index (χ1) is 15.5. The van der Waals surface area contributed by atoms with Crippen LogP contribution in [0.3, 0.4) is 0 Å². The summed E-state index contributed by atoms with van der Waals surface area (Å²) < 4.78 is 0. The summed E-state index contributed by atoms with van der Waals surface area (Å²) in [5.74, 6) is 1.33. The molecule has 1 aliphatic heterocycles. The summed E-state index contributed by atoms with van der Waals surface area (Å²) in [5, 5.41) is 2.81. The van der Waals surface area contributed by atoms with Gasteiger partial charge in [0, 0.05) is 19.3 Å². The van der Waals surface area contributed by atoms with Crippen molar-refractivity contribution in [2.24, 2.45) is 11.7 Å². The SMILES string of the molecule is C/C=C(/N)N(CCCN1CCC(C)CC1)Cc1ccc(C(=O)Nc2ccccc2N)nc1. The Kier molecular flexibility index (Phi) is 8.50. The second-order valence-corrected chi connectivity index (χ2v) is 8.61. The maximum atomic E-state index is 12.5. The minimum Gasteiger partial charge on any atom is -0.397 e. The highest BCUT2D eigenvalue weighted by atomic mass is 16.1. The number of anilines is 2. The fraction of sp³-hybridized carbons (Fsp3) is 0.440. The number of allylic oxidation sites excluding steroid dienone is 1. The van der Waals surface area contributed by atoms with Crippen LogP contribution in [0.25, 0.3) is 0 Å². The average Bonchev–Trinajstić information content (AvgIpc) is 2.81. The number of carbonyl (C=O) groups excluding carboxylic acids is 1. The van der Waals surface area contributed by atoms with Crippen LogP contribution in [0.5, 0.6) is 0 Å². The molecule has 5 N–H and O–H groups in total. The van der Waals surface area contributed by atoms with Crippen LogP contribution < -0.4 is 16.8 Å². The third-order valence-electron chi connectivity index (χ3n) is 6.08. The maximum absolute atomic E-state index is 12.5. The molecular weight excluding hydrogens is 400 g/mol. The number of nitrogens with one attached hydrogen (secondary N) is 1. The van der Waals surface area contributed by atoms with Crippen LogP contribution in [0.2, 0.25) is 0 Å². The van der Waals surface area contributed by atoms with Crippen LogP contribution in [-0.2, 0) is 6.54 Å². The number of aromatic nitrogens is 1. The summed E-state index contributed by atoms with van der Waals surface area (Å²) >= 11 is 0. The highest BCUT2D eigenvalue weighted by Crippen LogP contribution is 2.18. The topological polar surface area (TPSA) is 101 Å². The fourth-order valence-corrected chi connectivity index (χ4v) is 3.92. The van der Waals surface area contributed by atoms with E-state index in [1.165, 1.54) is 25.9 Å². The Balaban J connectivity index is 1.54. The lowest BCUT2D eigenvalue weighted by Gasteiger charge is -2.31. The number of hydrogen-bond donors (Lipinski definition) is 3. The molecule has 2 aromatic rings. The zero-order chi connectivity index (χ0) is 22.9. The number of hydrogen-bond acceptors (Lipinski definition) is 6. The van der Waals surface area contributed by atoms with Crippen molar-refractivity contribution < 1.29 is 4.79 Å². The van der Waals surface area contributed by atoms with Gasteiger partial charge in [0.05, 0.1) is 17.2 Å². The predicted octanol–water partition coefficient (Wildman–Crippen LogP) is 3.66. The molecule has 0 bridgehead atoms. The van der Waals surface area contributed by atoms with Gasteiger partial charge in [-0.25, -0.2) is 0 Å². The van der Waals surface area contributed by atoms with Gasteiger partial charge < -0.3 is 26.6 Å². The van der Waals surface area contributed by atoms with Crippen LogP contribution >= 0.6 is 0 Å². The van der Waals surface area contributed by atoms with Crippen molar-refractivity contribution in [1.29, 1.82) is 0 Å². The van der Waals surface area contributed by atoms with E-state index in [0.717, 1.165) is 36.8 Å². The minimum atomic E-state index is -0.282. The number of amides is 1. The number of para-hydroxylation sites is 2. The number of likely N-dealkylation sites (tertiary alicyclic amines) is 1. The van der Waals surface area contributed by atoms with E-state index in [4.69, 9.17) is 11.5 Å². The molecule has 0 spiro atoms. The highest BCUT2D eigenvalue weighted by molar-refractivity contribution is 6.04. The van der Waals surface area contributed by atoms with Crippen molar-refractivity contribution in [2.45, 2.75) is 39.7 Å². The minimum absolute atomic E-state index is 0.282. The molecule has 2 heterocycles. The number of piperidine rings is 1. The number of benzene rings is 1. The van der Waals surface area contributed by atoms with Gasteiger partial charge in [-0.15, -0.1) is 0 Å². The number of pyridine rings is 1. The molecule has 32 heavy (non-hydrogen) atoms. The second-order valence-electron chi connectivity index (χ2n) is 8.61. The van der Waals surface area contributed by atoms with E-state index in [9.17, 15) is 4.79 Å². The van der Waals surface area contributed by atoms with Gasteiger partial charge >= 0.3 is 0 Å². The second kappa shape index (κ2) is 11.5. The molecule has 1 fully saturated rings. The number of rotatable bonds is 9. The Morgan fingerprint density at radius 3 is 2.66 bits per heavy atom. The van der Waals surface area contributed by atoms with E-state index in [2.05, 4.69) is 27.0 Å². The van der Waals surface area contributed by atoms with Gasteiger partial charge in [-0.2, -0.15) is 0 Å². The molecule has 1 aliphatic rings. The van der Waals surface area contributed by atoms with Crippen LogP contribution in [0.1, 0.15) is 49.2 Å². The smallest absolute Gasteiger partial charge is 0.274 e. The van der Waals surface area contributed by atoms with Crippen molar-refractivity contribution in [3.8, 4) is 0 Å². The molecular formula is C25H36N6O. The highest BCUT2D eigenvalue weighted by Gasteiger charge is 2.16. The molecule has 1 saturated heterocycles. The summed E-state index contributed by atoms with van der Waals surface area (Å²) in [7, 11) is 0. The lowest BCUT2D eigenvalue weighted by Crippen LogP contribution is -2.36. The molecule has 0 atom stereocenters. The Labute approximate surface area is 191 Å². The number of carbonyl (C=O) groups is 1. The van der Waals surface area contributed by atoms with Gasteiger partial charge in [0.15, 0.2) is 0 Å². The molecule has 7 nitrogen and oxygen atoms in total. The van der Waals surface area contributed by atoms with Crippen molar-refractivity contribution in [3.63, 3.8) is 0 Å². The lowest BCUT2D eigenvalue weighted by molar-refractivity contribution is 0.102. The average molecular weight is 437 g/mol. The van der Waals surface area contributed by atoms with E-state index >= 15 is 0 Å². The fourth-order valence-electron chi connectivity index (χ4n) is 3.92. The Hall–Kier alpha value is -3.06. The monoisotopic (exact) mass is 436 g/mol.